The van der Waals surface area contributed by atoms with Gasteiger partial charge in [0.1, 0.15) is 6.33 Å². The lowest BCUT2D eigenvalue weighted by Crippen LogP contribution is -2.32. The molecule has 1 aliphatic rings. The van der Waals surface area contributed by atoms with Crippen LogP contribution >= 0.6 is 34.4 Å². The maximum absolute atomic E-state index is 6.08. The Hall–Kier alpha value is -1.79. The Morgan fingerprint density at radius 3 is 2.75 bits per heavy atom. The first-order chi connectivity index (χ1) is 13.5. The molecule has 1 aromatic carbocycles. The van der Waals surface area contributed by atoms with Gasteiger partial charge in [-0.15, -0.1) is 0 Å². The zero-order chi connectivity index (χ0) is 19.8. The zero-order valence-electron chi connectivity index (χ0n) is 15.8. The lowest BCUT2D eigenvalue weighted by Gasteiger charge is -2.23. The van der Waals surface area contributed by atoms with Crippen LogP contribution in [-0.2, 0) is 0 Å². The molecule has 2 aromatic heterocycles. The topological polar surface area (TPSA) is 100 Å². The third-order valence-corrected chi connectivity index (χ3v) is 6.61. The Morgan fingerprint density at radius 1 is 1.29 bits per heavy atom. The molecule has 3 N–H and O–H groups in total. The third-order valence-electron chi connectivity index (χ3n) is 4.33. The van der Waals surface area contributed by atoms with Gasteiger partial charge in [0.05, 0.1) is 6.17 Å². The Labute approximate surface area is 180 Å². The second-order valence-corrected chi connectivity index (χ2v) is 8.85. The minimum Gasteiger partial charge on any atom is -0.454 e. The van der Waals surface area contributed by atoms with Crippen molar-refractivity contribution in [3.63, 3.8) is 0 Å². The molecule has 0 bridgehead atoms. The van der Waals surface area contributed by atoms with Gasteiger partial charge in [-0.1, -0.05) is 18.7 Å². The lowest BCUT2D eigenvalue weighted by molar-refractivity contribution is 0.174. The van der Waals surface area contributed by atoms with E-state index in [4.69, 9.17) is 20.2 Å². The standard InChI is InChI=1S/C18H21IN6O2S/c1-4-14(23-9(2)3)25-17-15(16(20)21-7-22-17)24-18(25)28-13-6-12-11(5-10(13)19)26-8-27-12/h5-7,9,14,23H,4,8H2,1-3H3,(H2,20,21,22). The van der Waals surface area contributed by atoms with Gasteiger partial charge in [0, 0.05) is 14.5 Å². The highest BCUT2D eigenvalue weighted by molar-refractivity contribution is 14.1. The van der Waals surface area contributed by atoms with Crippen LogP contribution in [0.15, 0.2) is 28.5 Å². The fourth-order valence-electron chi connectivity index (χ4n) is 3.09. The largest absolute Gasteiger partial charge is 0.454 e. The predicted molar refractivity (Wildman–Crippen MR) is 117 cm³/mol. The summed E-state index contributed by atoms with van der Waals surface area (Å²) in [6, 6.07) is 4.28. The highest BCUT2D eigenvalue weighted by Crippen LogP contribution is 2.42. The van der Waals surface area contributed by atoms with Gasteiger partial charge in [0.15, 0.2) is 33.6 Å². The number of nitrogens with two attached hydrogens (primary N) is 1. The summed E-state index contributed by atoms with van der Waals surface area (Å²) in [5.41, 5.74) is 7.43. The summed E-state index contributed by atoms with van der Waals surface area (Å²) in [7, 11) is 0. The molecule has 8 nitrogen and oxygen atoms in total. The van der Waals surface area contributed by atoms with Crippen molar-refractivity contribution < 1.29 is 9.47 Å². The number of ether oxygens (including phenoxy) is 2. The number of aromatic nitrogens is 4. The average molecular weight is 512 g/mol. The van der Waals surface area contributed by atoms with Crippen LogP contribution in [0.1, 0.15) is 33.4 Å². The van der Waals surface area contributed by atoms with Crippen LogP contribution in [0.4, 0.5) is 5.82 Å². The molecule has 0 saturated heterocycles. The van der Waals surface area contributed by atoms with Crippen molar-refractivity contribution in [2.75, 3.05) is 12.5 Å². The molecule has 148 valence electrons. The fraction of sp³-hybridized carbons (Fsp3) is 0.389. The van der Waals surface area contributed by atoms with Gasteiger partial charge in [0.25, 0.3) is 0 Å². The van der Waals surface area contributed by atoms with Crippen LogP contribution in [-0.4, -0.2) is 32.4 Å². The van der Waals surface area contributed by atoms with Crippen molar-refractivity contribution in [3.8, 4) is 11.5 Å². The quantitative estimate of drug-likeness (QED) is 0.482. The third kappa shape index (κ3) is 3.60. The lowest BCUT2D eigenvalue weighted by atomic mass is 10.3. The van der Waals surface area contributed by atoms with Crippen molar-refractivity contribution in [2.45, 2.75) is 49.5 Å². The van der Waals surface area contributed by atoms with Gasteiger partial charge in [-0.25, -0.2) is 15.0 Å². The average Bonchev–Trinajstić information content (AvgIpc) is 3.24. The predicted octanol–water partition coefficient (Wildman–Crippen LogP) is 3.80. The number of fused-ring (bicyclic) bond motifs is 2. The van der Waals surface area contributed by atoms with Gasteiger partial charge < -0.3 is 15.2 Å². The molecule has 0 amide bonds. The van der Waals surface area contributed by atoms with Crippen molar-refractivity contribution in [1.82, 2.24) is 24.8 Å². The number of nitrogen functional groups attached to an aromatic ring is 1. The van der Waals surface area contributed by atoms with Crippen molar-refractivity contribution in [1.29, 1.82) is 0 Å². The van der Waals surface area contributed by atoms with E-state index in [1.165, 1.54) is 6.33 Å². The number of hydrogen-bond donors (Lipinski definition) is 2. The summed E-state index contributed by atoms with van der Waals surface area (Å²) in [4.78, 5) is 14.4. The van der Waals surface area contributed by atoms with E-state index in [0.29, 0.717) is 17.4 Å². The Morgan fingerprint density at radius 2 is 2.04 bits per heavy atom. The first kappa shape index (κ1) is 19.5. The first-order valence-electron chi connectivity index (χ1n) is 8.99. The van der Waals surface area contributed by atoms with Gasteiger partial charge in [-0.3, -0.25) is 9.88 Å². The summed E-state index contributed by atoms with van der Waals surface area (Å²) < 4.78 is 14.2. The number of benzene rings is 1. The first-order valence-corrected chi connectivity index (χ1v) is 10.9. The molecular formula is C18H21IN6O2S. The molecule has 0 saturated carbocycles. The normalized spacial score (nSPS) is 14.2. The maximum atomic E-state index is 6.08. The van der Waals surface area contributed by atoms with Crippen LogP contribution in [0.3, 0.4) is 0 Å². The van der Waals surface area contributed by atoms with Crippen LogP contribution < -0.4 is 20.5 Å². The minimum atomic E-state index is 0.0356. The van der Waals surface area contributed by atoms with E-state index in [1.54, 1.807) is 11.8 Å². The molecule has 0 spiro atoms. The van der Waals surface area contributed by atoms with Gasteiger partial charge in [-0.05, 0) is 55.0 Å². The second-order valence-electron chi connectivity index (χ2n) is 6.68. The Kier molecular flexibility index (Phi) is 5.52. The van der Waals surface area contributed by atoms with Crippen LogP contribution in [0.2, 0.25) is 0 Å². The molecular weight excluding hydrogens is 491 g/mol. The number of anilines is 1. The molecule has 10 heteroatoms. The van der Waals surface area contributed by atoms with E-state index < -0.39 is 0 Å². The van der Waals surface area contributed by atoms with Gasteiger partial charge in [0.2, 0.25) is 6.79 Å². The molecule has 3 aromatic rings. The van der Waals surface area contributed by atoms with E-state index in [-0.39, 0.29) is 13.0 Å². The second kappa shape index (κ2) is 7.91. The summed E-state index contributed by atoms with van der Waals surface area (Å²) in [5, 5.41) is 4.39. The number of nitrogens with zero attached hydrogens (tertiary/aromatic N) is 4. The summed E-state index contributed by atoms with van der Waals surface area (Å²) in [6.07, 6.45) is 2.39. The van der Waals surface area contributed by atoms with E-state index in [1.807, 2.05) is 12.1 Å². The maximum Gasteiger partial charge on any atom is 0.231 e. The molecule has 3 heterocycles. The van der Waals surface area contributed by atoms with Gasteiger partial charge in [-0.2, -0.15) is 0 Å². The minimum absolute atomic E-state index is 0.0356. The van der Waals surface area contributed by atoms with E-state index in [9.17, 15) is 0 Å². The number of nitrogens with one attached hydrogen (secondary N) is 1. The molecule has 4 rings (SSSR count). The van der Waals surface area contributed by atoms with Crippen molar-refractivity contribution in [3.05, 3.63) is 22.0 Å². The SMILES string of the molecule is CCC(NC(C)C)n1c(Sc2cc3c(cc2I)OCO3)nc2c(N)ncnc21. The summed E-state index contributed by atoms with van der Waals surface area (Å²) in [6.45, 7) is 6.63. The number of rotatable bonds is 6. The van der Waals surface area contributed by atoms with E-state index >= 15 is 0 Å². The molecule has 28 heavy (non-hydrogen) atoms. The summed E-state index contributed by atoms with van der Waals surface area (Å²) >= 11 is 3.86. The highest BCUT2D eigenvalue weighted by atomic mass is 127. The summed E-state index contributed by atoms with van der Waals surface area (Å²) in [5.74, 6) is 1.90. The van der Waals surface area contributed by atoms with Crippen LogP contribution in [0.25, 0.3) is 11.2 Å². The highest BCUT2D eigenvalue weighted by Gasteiger charge is 2.24. The van der Waals surface area contributed by atoms with E-state index in [0.717, 1.165) is 37.2 Å². The van der Waals surface area contributed by atoms with Crippen molar-refractivity contribution >= 4 is 51.3 Å². The molecule has 0 fully saturated rings. The molecule has 1 atom stereocenters. The number of halogens is 1. The van der Waals surface area contributed by atoms with Gasteiger partial charge >= 0.3 is 0 Å². The Balaban J connectivity index is 1.82. The van der Waals surface area contributed by atoms with Crippen LogP contribution in [0.5, 0.6) is 11.5 Å². The smallest absolute Gasteiger partial charge is 0.231 e. The number of imidazole rings is 1. The molecule has 1 aliphatic heterocycles. The molecule has 0 radical (unpaired) electrons. The zero-order valence-corrected chi connectivity index (χ0v) is 18.7. The monoisotopic (exact) mass is 512 g/mol. The van der Waals surface area contributed by atoms with Crippen LogP contribution in [0, 0.1) is 3.57 Å². The molecule has 0 aliphatic carbocycles. The van der Waals surface area contributed by atoms with Crippen molar-refractivity contribution in [2.24, 2.45) is 0 Å². The Bertz CT molecular complexity index is 1020. The molecule has 1 unspecified atom stereocenters. The number of hydrogen-bond acceptors (Lipinski definition) is 8. The van der Waals surface area contributed by atoms with E-state index in [2.05, 4.69) is 63.2 Å². The fourth-order valence-corrected chi connectivity index (χ4v) is 4.83.